The van der Waals surface area contributed by atoms with Crippen molar-refractivity contribution >= 4 is 6.41 Å². The van der Waals surface area contributed by atoms with Crippen molar-refractivity contribution in [2.75, 3.05) is 6.54 Å². The van der Waals surface area contributed by atoms with Gasteiger partial charge in [0.2, 0.25) is 6.41 Å². The molecule has 0 radical (unpaired) electrons. The SMILES string of the molecule is CCCCCCC1CCCN1C=O. The van der Waals surface area contributed by atoms with Gasteiger partial charge in [-0.1, -0.05) is 32.6 Å². The van der Waals surface area contributed by atoms with Crippen LogP contribution in [0.1, 0.15) is 51.9 Å². The second-order valence-corrected chi connectivity index (χ2v) is 3.99. The van der Waals surface area contributed by atoms with Crippen LogP contribution in [-0.2, 0) is 4.79 Å². The lowest BCUT2D eigenvalue weighted by Crippen LogP contribution is -2.27. The predicted molar refractivity (Wildman–Crippen MR) is 54.6 cm³/mol. The van der Waals surface area contributed by atoms with Gasteiger partial charge in [-0.3, -0.25) is 4.79 Å². The van der Waals surface area contributed by atoms with Crippen LogP contribution in [0.25, 0.3) is 0 Å². The average Bonchev–Trinajstić information content (AvgIpc) is 2.60. The second kappa shape index (κ2) is 6.01. The number of rotatable bonds is 6. The largest absolute Gasteiger partial charge is 0.342 e. The molecular weight excluding hydrogens is 162 g/mol. The van der Waals surface area contributed by atoms with Crippen LogP contribution in [0.3, 0.4) is 0 Å². The summed E-state index contributed by atoms with van der Waals surface area (Å²) in [6.07, 6.45) is 9.94. The Morgan fingerprint density at radius 1 is 1.38 bits per heavy atom. The van der Waals surface area contributed by atoms with Gasteiger partial charge in [-0.15, -0.1) is 0 Å². The first-order valence-electron chi connectivity index (χ1n) is 5.59. The zero-order chi connectivity index (χ0) is 9.52. The molecule has 1 saturated heterocycles. The lowest BCUT2D eigenvalue weighted by molar-refractivity contribution is -0.118. The summed E-state index contributed by atoms with van der Waals surface area (Å²) < 4.78 is 0. The van der Waals surface area contributed by atoms with E-state index in [1.165, 1.54) is 44.9 Å². The number of unbranched alkanes of at least 4 members (excludes halogenated alkanes) is 3. The van der Waals surface area contributed by atoms with E-state index in [0.717, 1.165) is 13.0 Å². The predicted octanol–water partition coefficient (Wildman–Crippen LogP) is 2.58. The minimum absolute atomic E-state index is 0.564. The van der Waals surface area contributed by atoms with Crippen molar-refractivity contribution < 1.29 is 4.79 Å². The average molecular weight is 183 g/mol. The zero-order valence-corrected chi connectivity index (χ0v) is 8.67. The van der Waals surface area contributed by atoms with E-state index < -0.39 is 0 Å². The van der Waals surface area contributed by atoms with Crippen LogP contribution in [0.2, 0.25) is 0 Å². The Hall–Kier alpha value is -0.530. The summed E-state index contributed by atoms with van der Waals surface area (Å²) in [5, 5.41) is 0. The number of amides is 1. The lowest BCUT2D eigenvalue weighted by Gasteiger charge is -2.19. The Bertz CT molecular complexity index is 147. The van der Waals surface area contributed by atoms with Crippen molar-refractivity contribution in [3.8, 4) is 0 Å². The minimum atomic E-state index is 0.564. The molecule has 0 saturated carbocycles. The van der Waals surface area contributed by atoms with Gasteiger partial charge in [0, 0.05) is 12.6 Å². The highest BCUT2D eigenvalue weighted by Crippen LogP contribution is 2.20. The fourth-order valence-corrected chi connectivity index (χ4v) is 2.11. The standard InChI is InChI=1S/C11H21NO/c1-2-3-4-5-7-11-8-6-9-12(11)10-13/h10-11H,2-9H2,1H3. The number of carbonyl (C=O) groups is 1. The zero-order valence-electron chi connectivity index (χ0n) is 8.67. The quantitative estimate of drug-likeness (QED) is 0.458. The molecule has 0 aromatic carbocycles. The third-order valence-electron chi connectivity index (χ3n) is 2.95. The number of hydrogen-bond acceptors (Lipinski definition) is 1. The van der Waals surface area contributed by atoms with E-state index in [2.05, 4.69) is 6.92 Å². The number of hydrogen-bond donors (Lipinski definition) is 0. The maximum absolute atomic E-state index is 10.6. The smallest absolute Gasteiger partial charge is 0.209 e. The Kier molecular flexibility index (Phi) is 4.87. The normalized spacial score (nSPS) is 22.2. The summed E-state index contributed by atoms with van der Waals surface area (Å²) in [7, 11) is 0. The van der Waals surface area contributed by atoms with Crippen molar-refractivity contribution in [3.63, 3.8) is 0 Å². The Balaban J connectivity index is 2.09. The van der Waals surface area contributed by atoms with Crippen LogP contribution in [0.4, 0.5) is 0 Å². The molecule has 1 aliphatic rings. The maximum atomic E-state index is 10.6. The minimum Gasteiger partial charge on any atom is -0.342 e. The van der Waals surface area contributed by atoms with Crippen molar-refractivity contribution in [3.05, 3.63) is 0 Å². The van der Waals surface area contributed by atoms with E-state index in [-0.39, 0.29) is 0 Å². The van der Waals surface area contributed by atoms with E-state index in [1.807, 2.05) is 4.90 Å². The van der Waals surface area contributed by atoms with Crippen LogP contribution in [0.5, 0.6) is 0 Å². The molecule has 13 heavy (non-hydrogen) atoms. The molecule has 1 fully saturated rings. The van der Waals surface area contributed by atoms with Gasteiger partial charge in [0.1, 0.15) is 0 Å². The maximum Gasteiger partial charge on any atom is 0.209 e. The number of carbonyl (C=O) groups excluding carboxylic acids is 1. The molecule has 1 atom stereocenters. The van der Waals surface area contributed by atoms with Crippen LogP contribution < -0.4 is 0 Å². The Morgan fingerprint density at radius 3 is 2.92 bits per heavy atom. The van der Waals surface area contributed by atoms with Gasteiger partial charge in [-0.25, -0.2) is 0 Å². The van der Waals surface area contributed by atoms with E-state index in [0.29, 0.717) is 6.04 Å². The highest BCUT2D eigenvalue weighted by atomic mass is 16.1. The van der Waals surface area contributed by atoms with Gasteiger partial charge < -0.3 is 4.90 Å². The molecule has 0 N–H and O–H groups in total. The number of nitrogens with zero attached hydrogens (tertiary/aromatic N) is 1. The highest BCUT2D eigenvalue weighted by molar-refractivity contribution is 5.48. The summed E-state index contributed by atoms with van der Waals surface area (Å²) in [6.45, 7) is 3.22. The third kappa shape index (κ3) is 3.37. The van der Waals surface area contributed by atoms with Crippen molar-refractivity contribution in [2.24, 2.45) is 0 Å². The van der Waals surface area contributed by atoms with Crippen LogP contribution in [-0.4, -0.2) is 23.9 Å². The Morgan fingerprint density at radius 2 is 2.23 bits per heavy atom. The molecule has 1 rings (SSSR count). The molecule has 0 bridgehead atoms. The summed E-state index contributed by atoms with van der Waals surface area (Å²) in [5.74, 6) is 0. The molecule has 0 spiro atoms. The molecule has 0 aromatic heterocycles. The number of likely N-dealkylation sites (tertiary alicyclic amines) is 1. The molecular formula is C11H21NO. The molecule has 1 unspecified atom stereocenters. The van der Waals surface area contributed by atoms with Crippen LogP contribution in [0, 0.1) is 0 Å². The van der Waals surface area contributed by atoms with Gasteiger partial charge in [0.25, 0.3) is 0 Å². The van der Waals surface area contributed by atoms with Crippen molar-refractivity contribution in [2.45, 2.75) is 57.9 Å². The molecule has 2 nitrogen and oxygen atoms in total. The third-order valence-corrected chi connectivity index (χ3v) is 2.95. The first-order valence-corrected chi connectivity index (χ1v) is 5.59. The summed E-state index contributed by atoms with van der Waals surface area (Å²) in [6, 6.07) is 0.564. The Labute approximate surface area is 81.3 Å². The fourth-order valence-electron chi connectivity index (χ4n) is 2.11. The molecule has 1 aliphatic heterocycles. The summed E-state index contributed by atoms with van der Waals surface area (Å²) in [5.41, 5.74) is 0. The van der Waals surface area contributed by atoms with E-state index in [1.54, 1.807) is 0 Å². The molecule has 76 valence electrons. The van der Waals surface area contributed by atoms with Gasteiger partial charge in [0.15, 0.2) is 0 Å². The lowest BCUT2D eigenvalue weighted by atomic mass is 10.1. The fraction of sp³-hybridized carbons (Fsp3) is 0.909. The van der Waals surface area contributed by atoms with Gasteiger partial charge in [-0.05, 0) is 19.3 Å². The topological polar surface area (TPSA) is 20.3 Å². The van der Waals surface area contributed by atoms with Crippen molar-refractivity contribution in [1.82, 2.24) is 4.90 Å². The first kappa shape index (κ1) is 10.6. The first-order chi connectivity index (χ1) is 6.38. The van der Waals surface area contributed by atoms with E-state index in [4.69, 9.17) is 0 Å². The molecule has 1 amide bonds. The van der Waals surface area contributed by atoms with Crippen LogP contribution in [0.15, 0.2) is 0 Å². The van der Waals surface area contributed by atoms with E-state index >= 15 is 0 Å². The second-order valence-electron chi connectivity index (χ2n) is 3.99. The summed E-state index contributed by atoms with van der Waals surface area (Å²) in [4.78, 5) is 12.6. The highest BCUT2D eigenvalue weighted by Gasteiger charge is 2.21. The molecule has 1 heterocycles. The van der Waals surface area contributed by atoms with E-state index in [9.17, 15) is 4.79 Å². The van der Waals surface area contributed by atoms with Crippen LogP contribution >= 0.6 is 0 Å². The van der Waals surface area contributed by atoms with Gasteiger partial charge >= 0.3 is 0 Å². The van der Waals surface area contributed by atoms with Gasteiger partial charge in [-0.2, -0.15) is 0 Å². The summed E-state index contributed by atoms with van der Waals surface area (Å²) >= 11 is 0. The monoisotopic (exact) mass is 183 g/mol. The molecule has 0 aliphatic carbocycles. The molecule has 2 heteroatoms. The van der Waals surface area contributed by atoms with Crippen molar-refractivity contribution in [1.29, 1.82) is 0 Å². The van der Waals surface area contributed by atoms with Gasteiger partial charge in [0.05, 0.1) is 0 Å². The molecule has 0 aromatic rings.